The number of anilines is 1. The van der Waals surface area contributed by atoms with Crippen molar-refractivity contribution in [2.24, 2.45) is 0 Å². The molecular weight excluding hydrogens is 250 g/mol. The van der Waals surface area contributed by atoms with Crippen LogP contribution in [0.2, 0.25) is 0 Å². The quantitative estimate of drug-likeness (QED) is 0.793. The number of benzene rings is 2. The molecule has 0 saturated heterocycles. The highest BCUT2D eigenvalue weighted by molar-refractivity contribution is 5.82. The molecule has 102 valence electrons. The molecule has 0 atom stereocenters. The number of nitrogens with zero attached hydrogens (tertiary/aromatic N) is 2. The smallest absolute Gasteiger partial charge is 0.205 e. The number of para-hydroxylation sites is 1. The van der Waals surface area contributed by atoms with Gasteiger partial charge in [-0.05, 0) is 30.2 Å². The van der Waals surface area contributed by atoms with Crippen LogP contribution in [0.3, 0.4) is 0 Å². The molecule has 0 saturated carbocycles. The van der Waals surface area contributed by atoms with Gasteiger partial charge in [0.1, 0.15) is 5.75 Å². The normalized spacial score (nSPS) is 10.9. The van der Waals surface area contributed by atoms with E-state index in [1.54, 1.807) is 7.11 Å². The largest absolute Gasteiger partial charge is 0.497 e. The fourth-order valence-electron chi connectivity index (χ4n) is 2.49. The molecule has 0 aliphatic rings. The average molecular weight is 267 g/mol. The number of ether oxygens (including phenoxy) is 1. The van der Waals surface area contributed by atoms with Crippen molar-refractivity contribution < 1.29 is 4.74 Å². The summed E-state index contributed by atoms with van der Waals surface area (Å²) in [6.45, 7) is 2.14. The summed E-state index contributed by atoms with van der Waals surface area (Å²) in [4.78, 5) is 4.43. The molecule has 4 nitrogen and oxygen atoms in total. The molecule has 0 aliphatic carbocycles. The van der Waals surface area contributed by atoms with Crippen LogP contribution >= 0.6 is 0 Å². The SMILES string of the molecule is CCc1ccccc1-n1c(N)nc2cc(OC)ccc21. The van der Waals surface area contributed by atoms with Crippen LogP contribution in [0.4, 0.5) is 5.95 Å². The Morgan fingerprint density at radius 2 is 2.00 bits per heavy atom. The topological polar surface area (TPSA) is 53.1 Å². The van der Waals surface area contributed by atoms with E-state index >= 15 is 0 Å². The van der Waals surface area contributed by atoms with Gasteiger partial charge in [0, 0.05) is 6.07 Å². The molecular formula is C16H17N3O. The van der Waals surface area contributed by atoms with Crippen molar-refractivity contribution in [3.8, 4) is 11.4 Å². The van der Waals surface area contributed by atoms with E-state index in [1.807, 2.05) is 34.9 Å². The summed E-state index contributed by atoms with van der Waals surface area (Å²) < 4.78 is 7.23. The second-order valence-electron chi connectivity index (χ2n) is 4.64. The monoisotopic (exact) mass is 267 g/mol. The molecule has 4 heteroatoms. The van der Waals surface area contributed by atoms with Crippen molar-refractivity contribution in [2.45, 2.75) is 13.3 Å². The van der Waals surface area contributed by atoms with E-state index in [-0.39, 0.29) is 0 Å². The van der Waals surface area contributed by atoms with Crippen molar-refractivity contribution in [2.75, 3.05) is 12.8 Å². The lowest BCUT2D eigenvalue weighted by Gasteiger charge is -2.11. The number of aryl methyl sites for hydroxylation is 1. The van der Waals surface area contributed by atoms with Crippen LogP contribution in [0.15, 0.2) is 42.5 Å². The van der Waals surface area contributed by atoms with E-state index in [9.17, 15) is 0 Å². The van der Waals surface area contributed by atoms with Gasteiger partial charge >= 0.3 is 0 Å². The zero-order chi connectivity index (χ0) is 14.1. The van der Waals surface area contributed by atoms with Crippen LogP contribution in [0.25, 0.3) is 16.7 Å². The van der Waals surface area contributed by atoms with E-state index in [1.165, 1.54) is 5.56 Å². The first kappa shape index (κ1) is 12.5. The Morgan fingerprint density at radius 1 is 1.20 bits per heavy atom. The van der Waals surface area contributed by atoms with Crippen molar-refractivity contribution in [3.05, 3.63) is 48.0 Å². The van der Waals surface area contributed by atoms with Gasteiger partial charge in [0.05, 0.1) is 23.8 Å². The molecule has 20 heavy (non-hydrogen) atoms. The molecule has 1 heterocycles. The van der Waals surface area contributed by atoms with Gasteiger partial charge in [0.15, 0.2) is 0 Å². The van der Waals surface area contributed by atoms with Crippen LogP contribution in [-0.4, -0.2) is 16.7 Å². The van der Waals surface area contributed by atoms with Crippen molar-refractivity contribution in [1.29, 1.82) is 0 Å². The van der Waals surface area contributed by atoms with E-state index in [0.29, 0.717) is 5.95 Å². The third-order valence-electron chi connectivity index (χ3n) is 3.50. The molecule has 3 aromatic rings. The van der Waals surface area contributed by atoms with E-state index < -0.39 is 0 Å². The molecule has 0 aliphatic heterocycles. The van der Waals surface area contributed by atoms with Gasteiger partial charge in [0.2, 0.25) is 5.95 Å². The molecule has 2 N–H and O–H groups in total. The second-order valence-corrected chi connectivity index (χ2v) is 4.64. The summed E-state index contributed by atoms with van der Waals surface area (Å²) >= 11 is 0. The number of nitrogens with two attached hydrogens (primary N) is 1. The molecule has 0 bridgehead atoms. The van der Waals surface area contributed by atoms with E-state index in [4.69, 9.17) is 10.5 Å². The summed E-state index contributed by atoms with van der Waals surface area (Å²) in [7, 11) is 1.65. The summed E-state index contributed by atoms with van der Waals surface area (Å²) in [5.41, 5.74) is 10.3. The van der Waals surface area contributed by atoms with Crippen LogP contribution in [0.1, 0.15) is 12.5 Å². The molecule has 0 spiro atoms. The van der Waals surface area contributed by atoms with Crippen molar-refractivity contribution >= 4 is 17.0 Å². The summed E-state index contributed by atoms with van der Waals surface area (Å²) in [5.74, 6) is 1.28. The number of methoxy groups -OCH3 is 1. The van der Waals surface area contributed by atoms with Gasteiger partial charge in [-0.3, -0.25) is 4.57 Å². The van der Waals surface area contributed by atoms with Crippen LogP contribution < -0.4 is 10.5 Å². The average Bonchev–Trinajstić information content (AvgIpc) is 2.81. The lowest BCUT2D eigenvalue weighted by molar-refractivity contribution is 0.415. The third-order valence-corrected chi connectivity index (χ3v) is 3.50. The number of hydrogen-bond acceptors (Lipinski definition) is 3. The fourth-order valence-corrected chi connectivity index (χ4v) is 2.49. The molecule has 0 amide bonds. The maximum Gasteiger partial charge on any atom is 0.205 e. The lowest BCUT2D eigenvalue weighted by Crippen LogP contribution is -2.03. The Hall–Kier alpha value is -2.49. The fraction of sp³-hybridized carbons (Fsp3) is 0.188. The second kappa shape index (κ2) is 4.89. The molecule has 2 aromatic carbocycles. The standard InChI is InChI=1S/C16H17N3O/c1-3-11-6-4-5-7-14(11)19-15-9-8-12(20-2)10-13(15)18-16(19)17/h4-10H,3H2,1-2H3,(H2,17,18). The minimum Gasteiger partial charge on any atom is -0.497 e. The zero-order valence-corrected chi connectivity index (χ0v) is 11.6. The molecule has 0 fully saturated rings. The molecule has 1 aromatic heterocycles. The summed E-state index contributed by atoms with van der Waals surface area (Å²) in [6, 6.07) is 14.1. The minimum atomic E-state index is 0.495. The predicted octanol–water partition coefficient (Wildman–Crippen LogP) is 3.18. The first-order chi connectivity index (χ1) is 9.74. The van der Waals surface area contributed by atoms with Crippen LogP contribution in [0, 0.1) is 0 Å². The zero-order valence-electron chi connectivity index (χ0n) is 11.6. The number of nitrogen functional groups attached to an aromatic ring is 1. The van der Waals surface area contributed by atoms with Gasteiger partial charge in [0.25, 0.3) is 0 Å². The van der Waals surface area contributed by atoms with Crippen LogP contribution in [-0.2, 0) is 6.42 Å². The molecule has 0 unspecified atom stereocenters. The van der Waals surface area contributed by atoms with E-state index in [0.717, 1.165) is 28.9 Å². The number of fused-ring (bicyclic) bond motifs is 1. The van der Waals surface area contributed by atoms with Gasteiger partial charge < -0.3 is 10.5 Å². The maximum absolute atomic E-state index is 6.11. The third kappa shape index (κ3) is 1.90. The van der Waals surface area contributed by atoms with Crippen LogP contribution in [0.5, 0.6) is 5.75 Å². The lowest BCUT2D eigenvalue weighted by atomic mass is 10.1. The Morgan fingerprint density at radius 3 is 2.75 bits per heavy atom. The summed E-state index contributed by atoms with van der Waals surface area (Å²) in [5, 5.41) is 0. The highest BCUT2D eigenvalue weighted by atomic mass is 16.5. The Balaban J connectivity index is 2.28. The first-order valence-corrected chi connectivity index (χ1v) is 6.65. The molecule has 0 radical (unpaired) electrons. The van der Waals surface area contributed by atoms with Gasteiger partial charge in [-0.25, -0.2) is 4.98 Å². The minimum absolute atomic E-state index is 0.495. The number of hydrogen-bond donors (Lipinski definition) is 1. The first-order valence-electron chi connectivity index (χ1n) is 6.65. The summed E-state index contributed by atoms with van der Waals surface area (Å²) in [6.07, 6.45) is 0.950. The Labute approximate surface area is 117 Å². The number of rotatable bonds is 3. The number of imidazole rings is 1. The number of aromatic nitrogens is 2. The highest BCUT2D eigenvalue weighted by Crippen LogP contribution is 2.28. The Bertz CT molecular complexity index is 762. The highest BCUT2D eigenvalue weighted by Gasteiger charge is 2.12. The predicted molar refractivity (Wildman–Crippen MR) is 81.4 cm³/mol. The van der Waals surface area contributed by atoms with Gasteiger partial charge in [-0.1, -0.05) is 25.1 Å². The van der Waals surface area contributed by atoms with Crippen molar-refractivity contribution in [3.63, 3.8) is 0 Å². The van der Waals surface area contributed by atoms with Gasteiger partial charge in [-0.15, -0.1) is 0 Å². The Kier molecular flexibility index (Phi) is 3.06. The van der Waals surface area contributed by atoms with Crippen molar-refractivity contribution in [1.82, 2.24) is 9.55 Å². The van der Waals surface area contributed by atoms with Gasteiger partial charge in [-0.2, -0.15) is 0 Å². The maximum atomic E-state index is 6.11. The van der Waals surface area contributed by atoms with E-state index in [2.05, 4.69) is 24.0 Å². The molecule has 3 rings (SSSR count).